The highest BCUT2D eigenvalue weighted by Gasteiger charge is 2.19. The van der Waals surface area contributed by atoms with Crippen molar-refractivity contribution in [2.75, 3.05) is 0 Å². The number of hydrogen-bond acceptors (Lipinski definition) is 4. The average molecular weight is 282 g/mol. The van der Waals surface area contributed by atoms with Crippen molar-refractivity contribution < 1.29 is 4.92 Å². The second kappa shape index (κ2) is 4.97. The number of aromatic nitrogens is 2. The van der Waals surface area contributed by atoms with E-state index in [2.05, 4.69) is 4.98 Å². The van der Waals surface area contributed by atoms with E-state index in [0.717, 1.165) is 6.42 Å². The Morgan fingerprint density at radius 2 is 2.16 bits per heavy atom. The highest BCUT2D eigenvalue weighted by Crippen LogP contribution is 2.21. The van der Waals surface area contributed by atoms with Gasteiger partial charge in [-0.25, -0.2) is 4.98 Å². The van der Waals surface area contributed by atoms with Crippen molar-refractivity contribution in [3.63, 3.8) is 0 Å². The summed E-state index contributed by atoms with van der Waals surface area (Å²) in [5.41, 5.74) is 0.405. The molecule has 0 unspecified atom stereocenters. The molecule has 0 saturated carbocycles. The Morgan fingerprint density at radius 3 is 2.74 bits per heavy atom. The molecule has 2 aromatic heterocycles. The lowest BCUT2D eigenvalue weighted by Crippen LogP contribution is -2.22. The van der Waals surface area contributed by atoms with E-state index in [-0.39, 0.29) is 22.0 Å². The molecule has 100 valence electrons. The number of aryl methyl sites for hydroxylation is 1. The minimum atomic E-state index is -0.572. The lowest BCUT2D eigenvalue weighted by molar-refractivity contribution is -0.383. The Kier molecular flexibility index (Phi) is 3.53. The lowest BCUT2D eigenvalue weighted by Gasteiger charge is -2.08. The van der Waals surface area contributed by atoms with E-state index in [0.29, 0.717) is 17.7 Å². The maximum Gasteiger partial charge on any atom is 0.312 e. The van der Waals surface area contributed by atoms with Gasteiger partial charge in [-0.3, -0.25) is 19.3 Å². The van der Waals surface area contributed by atoms with Gasteiger partial charge >= 0.3 is 5.69 Å². The number of nitrogens with zero attached hydrogens (tertiary/aromatic N) is 3. The lowest BCUT2D eigenvalue weighted by atomic mass is 10.2. The van der Waals surface area contributed by atoms with E-state index in [9.17, 15) is 14.9 Å². The Hall–Kier alpha value is -1.95. The van der Waals surface area contributed by atoms with Crippen LogP contribution < -0.4 is 5.56 Å². The van der Waals surface area contributed by atoms with E-state index in [1.54, 1.807) is 6.92 Å². The van der Waals surface area contributed by atoms with Gasteiger partial charge in [-0.1, -0.05) is 24.9 Å². The van der Waals surface area contributed by atoms with Gasteiger partial charge in [0.05, 0.1) is 10.5 Å². The molecule has 2 heterocycles. The predicted octanol–water partition coefficient (Wildman–Crippen LogP) is 2.52. The van der Waals surface area contributed by atoms with Gasteiger partial charge < -0.3 is 0 Å². The summed E-state index contributed by atoms with van der Waals surface area (Å²) in [4.78, 5) is 26.8. The number of nitro groups is 1. The second-order valence-corrected chi connectivity index (χ2v) is 4.57. The van der Waals surface area contributed by atoms with Crippen molar-refractivity contribution in [2.45, 2.75) is 26.7 Å². The Labute approximate surface area is 113 Å². The summed E-state index contributed by atoms with van der Waals surface area (Å²) in [7, 11) is 0. The summed E-state index contributed by atoms with van der Waals surface area (Å²) in [5.74, 6) is 0. The minimum Gasteiger partial charge on any atom is -0.269 e. The maximum absolute atomic E-state index is 12.4. The van der Waals surface area contributed by atoms with E-state index in [4.69, 9.17) is 11.6 Å². The highest BCUT2D eigenvalue weighted by molar-refractivity contribution is 6.30. The van der Waals surface area contributed by atoms with Crippen molar-refractivity contribution in [2.24, 2.45) is 0 Å². The summed E-state index contributed by atoms with van der Waals surface area (Å²) in [6.07, 6.45) is 1.24. The van der Waals surface area contributed by atoms with Crippen molar-refractivity contribution in [3.05, 3.63) is 49.0 Å². The normalized spacial score (nSPS) is 10.9. The van der Waals surface area contributed by atoms with Crippen LogP contribution in [0.2, 0.25) is 5.15 Å². The smallest absolute Gasteiger partial charge is 0.269 e. The molecule has 0 aliphatic rings. The molecule has 0 radical (unpaired) electrons. The molecule has 0 N–H and O–H groups in total. The molecule has 19 heavy (non-hydrogen) atoms. The highest BCUT2D eigenvalue weighted by atomic mass is 35.5. The molecule has 0 aliphatic heterocycles. The fraction of sp³-hybridized carbons (Fsp3) is 0.333. The van der Waals surface area contributed by atoms with E-state index in [1.165, 1.54) is 16.5 Å². The van der Waals surface area contributed by atoms with E-state index in [1.807, 2.05) is 6.92 Å². The van der Waals surface area contributed by atoms with Crippen LogP contribution >= 0.6 is 11.6 Å². The van der Waals surface area contributed by atoms with Crippen LogP contribution in [-0.4, -0.2) is 14.3 Å². The fourth-order valence-electron chi connectivity index (χ4n) is 1.98. The molecule has 6 nitrogen and oxygen atoms in total. The molecular formula is C12H12ClN3O3. The monoisotopic (exact) mass is 281 g/mol. The zero-order valence-electron chi connectivity index (χ0n) is 10.5. The summed E-state index contributed by atoms with van der Waals surface area (Å²) in [5, 5.41) is 11.0. The first-order chi connectivity index (χ1) is 8.97. The van der Waals surface area contributed by atoms with Crippen LogP contribution in [0, 0.1) is 17.0 Å². The molecule has 2 rings (SSSR count). The Balaban J connectivity index is 2.94. The Bertz CT molecular complexity index is 724. The van der Waals surface area contributed by atoms with Gasteiger partial charge in [0.2, 0.25) is 5.65 Å². The fourth-order valence-corrected chi connectivity index (χ4v) is 2.24. The van der Waals surface area contributed by atoms with Crippen LogP contribution in [0.1, 0.15) is 24.6 Å². The third-order valence-corrected chi connectivity index (χ3v) is 3.20. The number of halogens is 1. The first-order valence-electron chi connectivity index (χ1n) is 5.82. The summed E-state index contributed by atoms with van der Waals surface area (Å²) in [6, 6.07) is 2.85. The summed E-state index contributed by atoms with van der Waals surface area (Å²) in [6.45, 7) is 3.62. The molecule has 2 aromatic rings. The first kappa shape index (κ1) is 13.5. The van der Waals surface area contributed by atoms with Crippen molar-refractivity contribution in [1.82, 2.24) is 9.38 Å². The Morgan fingerprint density at radius 1 is 1.47 bits per heavy atom. The summed E-state index contributed by atoms with van der Waals surface area (Å²) < 4.78 is 1.25. The molecule has 0 spiro atoms. The average Bonchev–Trinajstić information content (AvgIpc) is 2.33. The molecule has 7 heteroatoms. The number of rotatable bonds is 3. The predicted molar refractivity (Wildman–Crippen MR) is 71.9 cm³/mol. The van der Waals surface area contributed by atoms with Gasteiger partial charge in [-0.05, 0) is 19.4 Å². The zero-order valence-corrected chi connectivity index (χ0v) is 11.3. The van der Waals surface area contributed by atoms with Gasteiger partial charge in [0.25, 0.3) is 5.56 Å². The third-order valence-electron chi connectivity index (χ3n) is 2.89. The van der Waals surface area contributed by atoms with Gasteiger partial charge in [-0.15, -0.1) is 0 Å². The largest absolute Gasteiger partial charge is 0.312 e. The first-order valence-corrected chi connectivity index (χ1v) is 6.20. The van der Waals surface area contributed by atoms with Crippen LogP contribution in [0.25, 0.3) is 5.65 Å². The molecule has 0 aliphatic carbocycles. The third kappa shape index (κ3) is 2.19. The van der Waals surface area contributed by atoms with Crippen molar-refractivity contribution in [1.29, 1.82) is 0 Å². The number of fused-ring (bicyclic) bond motifs is 1. The summed E-state index contributed by atoms with van der Waals surface area (Å²) >= 11 is 5.97. The van der Waals surface area contributed by atoms with Gasteiger partial charge in [0.15, 0.2) is 0 Å². The molecule has 0 saturated heterocycles. The second-order valence-electron chi connectivity index (χ2n) is 4.21. The van der Waals surface area contributed by atoms with Crippen LogP contribution in [0.15, 0.2) is 16.9 Å². The molecule has 0 atom stereocenters. The molecule has 0 aromatic carbocycles. The van der Waals surface area contributed by atoms with Crippen LogP contribution in [0.5, 0.6) is 0 Å². The van der Waals surface area contributed by atoms with Crippen LogP contribution in [0.4, 0.5) is 5.69 Å². The van der Waals surface area contributed by atoms with E-state index < -0.39 is 4.92 Å². The number of hydrogen-bond donors (Lipinski definition) is 0. The van der Waals surface area contributed by atoms with Crippen LogP contribution in [-0.2, 0) is 6.42 Å². The van der Waals surface area contributed by atoms with Crippen molar-refractivity contribution in [3.8, 4) is 0 Å². The quantitative estimate of drug-likeness (QED) is 0.492. The zero-order chi connectivity index (χ0) is 14.2. The van der Waals surface area contributed by atoms with Gasteiger partial charge in [0.1, 0.15) is 5.15 Å². The minimum absolute atomic E-state index is 0.0140. The number of pyridine rings is 1. The van der Waals surface area contributed by atoms with Crippen LogP contribution in [0.3, 0.4) is 0 Å². The molecule has 0 bridgehead atoms. The van der Waals surface area contributed by atoms with Gasteiger partial charge in [0, 0.05) is 11.8 Å². The topological polar surface area (TPSA) is 77.5 Å². The van der Waals surface area contributed by atoms with Gasteiger partial charge in [-0.2, -0.15) is 0 Å². The van der Waals surface area contributed by atoms with Crippen molar-refractivity contribution >= 4 is 22.9 Å². The molecule has 0 fully saturated rings. The standard InChI is InChI=1S/C12H12ClN3O3/c1-3-4-8-10(13)14-11-9(16(18)19)6-5-7(2)15(11)12(8)17/h5-6H,3-4H2,1-2H3. The molecule has 0 amide bonds. The van der Waals surface area contributed by atoms with E-state index >= 15 is 0 Å². The SMILES string of the molecule is CCCc1c(Cl)nc2c([N+](=O)[O-])ccc(C)n2c1=O. The maximum atomic E-state index is 12.4. The molecular weight excluding hydrogens is 270 g/mol.